The van der Waals surface area contributed by atoms with Gasteiger partial charge in [0, 0.05) is 25.0 Å². The van der Waals surface area contributed by atoms with E-state index in [4.69, 9.17) is 18.6 Å². The average molecular weight is 467 g/mol. The van der Waals surface area contributed by atoms with Crippen LogP contribution in [0.15, 0.2) is 45.2 Å². The van der Waals surface area contributed by atoms with Crippen molar-refractivity contribution in [2.45, 2.75) is 18.1 Å². The molecule has 2 heterocycles. The van der Waals surface area contributed by atoms with E-state index in [1.54, 1.807) is 25.7 Å². The number of hydrogen-bond donors (Lipinski definition) is 0. The van der Waals surface area contributed by atoms with Crippen LogP contribution in [0.3, 0.4) is 0 Å². The Hall–Kier alpha value is -2.89. The number of thiazole rings is 1. The Bertz CT molecular complexity index is 1170. The molecule has 31 heavy (non-hydrogen) atoms. The Kier molecular flexibility index (Phi) is 6.98. The van der Waals surface area contributed by atoms with Crippen molar-refractivity contribution in [2.24, 2.45) is 0 Å². The third-order valence-corrected chi connectivity index (χ3v) is 6.88. The zero-order valence-corrected chi connectivity index (χ0v) is 19.1. The number of nitrogens with zero attached hydrogens (tertiary/aromatic N) is 2. The molecule has 166 valence electrons. The Morgan fingerprint density at radius 1 is 1.13 bits per heavy atom. The van der Waals surface area contributed by atoms with Gasteiger partial charge in [0.1, 0.15) is 17.4 Å². The van der Waals surface area contributed by atoms with Crippen molar-refractivity contribution in [1.82, 2.24) is 9.29 Å². The minimum absolute atomic E-state index is 0.0205. The number of hydrogen-bond acceptors (Lipinski definition) is 9. The van der Waals surface area contributed by atoms with Gasteiger partial charge in [0.05, 0.1) is 26.3 Å². The van der Waals surface area contributed by atoms with E-state index in [-0.39, 0.29) is 23.9 Å². The van der Waals surface area contributed by atoms with Crippen molar-refractivity contribution in [3.63, 3.8) is 0 Å². The number of esters is 1. The molecule has 3 rings (SSSR count). The first-order valence-electron chi connectivity index (χ1n) is 9.08. The van der Waals surface area contributed by atoms with E-state index in [0.717, 1.165) is 14.9 Å². The third kappa shape index (κ3) is 5.24. The van der Waals surface area contributed by atoms with Crippen LogP contribution in [0.2, 0.25) is 0 Å². The molecule has 0 N–H and O–H groups in total. The molecule has 0 aliphatic rings. The highest BCUT2D eigenvalue weighted by atomic mass is 32.2. The number of ether oxygens (including phenoxy) is 3. The van der Waals surface area contributed by atoms with Crippen molar-refractivity contribution < 1.29 is 31.8 Å². The fraction of sp³-hybridized carbons (Fsp3) is 0.300. The predicted octanol–water partition coefficient (Wildman–Crippen LogP) is 2.96. The van der Waals surface area contributed by atoms with Crippen molar-refractivity contribution in [2.75, 3.05) is 28.3 Å². The largest absolute Gasteiger partial charge is 0.493 e. The molecule has 0 amide bonds. The second-order valence-corrected chi connectivity index (χ2v) is 9.50. The summed E-state index contributed by atoms with van der Waals surface area (Å²) < 4.78 is 46.1. The lowest BCUT2D eigenvalue weighted by molar-refractivity contribution is -0.144. The lowest BCUT2D eigenvalue weighted by Crippen LogP contribution is -2.21. The topological polar surface area (TPSA) is 108 Å². The molecule has 0 spiro atoms. The first-order chi connectivity index (χ1) is 14.7. The van der Waals surface area contributed by atoms with E-state index >= 15 is 0 Å². The number of carbonyl (C=O) groups excluding carboxylic acids is 1. The average Bonchev–Trinajstić information content (AvgIpc) is 3.41. The van der Waals surface area contributed by atoms with Crippen molar-refractivity contribution in [3.8, 4) is 22.1 Å². The van der Waals surface area contributed by atoms with Crippen LogP contribution in [0.25, 0.3) is 10.6 Å². The number of furan rings is 1. The van der Waals surface area contributed by atoms with Crippen LogP contribution in [0, 0.1) is 0 Å². The lowest BCUT2D eigenvalue weighted by atomic mass is 10.2. The summed E-state index contributed by atoms with van der Waals surface area (Å²) >= 11 is 1.40. The molecule has 0 unspecified atom stereocenters. The molecule has 0 aliphatic carbocycles. The highest BCUT2D eigenvalue weighted by Gasteiger charge is 2.22. The van der Waals surface area contributed by atoms with Gasteiger partial charge in [0.15, 0.2) is 11.5 Å². The van der Waals surface area contributed by atoms with E-state index in [0.29, 0.717) is 17.2 Å². The minimum atomic E-state index is -3.68. The highest BCUT2D eigenvalue weighted by molar-refractivity contribution is 7.88. The summed E-state index contributed by atoms with van der Waals surface area (Å²) in [6, 6.07) is 8.25. The number of aromatic nitrogens is 1. The second kappa shape index (κ2) is 9.50. The van der Waals surface area contributed by atoms with Crippen molar-refractivity contribution in [1.29, 1.82) is 0 Å². The number of sulfonamides is 1. The molecule has 0 saturated heterocycles. The van der Waals surface area contributed by atoms with E-state index in [1.807, 2.05) is 12.1 Å². The molecule has 0 saturated carbocycles. The van der Waals surface area contributed by atoms with Crippen LogP contribution in [0.4, 0.5) is 0 Å². The van der Waals surface area contributed by atoms with E-state index in [1.165, 1.54) is 37.6 Å². The van der Waals surface area contributed by atoms with Crippen LogP contribution >= 0.6 is 11.3 Å². The minimum Gasteiger partial charge on any atom is -0.493 e. The van der Waals surface area contributed by atoms with Gasteiger partial charge in [-0.25, -0.2) is 17.7 Å². The molecule has 0 atom stereocenters. The number of carbonyl (C=O) groups is 1. The van der Waals surface area contributed by atoms with Crippen LogP contribution in [0.1, 0.15) is 11.5 Å². The van der Waals surface area contributed by atoms with Crippen LogP contribution in [-0.4, -0.2) is 52.0 Å². The Labute approximate surface area is 184 Å². The number of methoxy groups -OCH3 is 2. The fourth-order valence-electron chi connectivity index (χ4n) is 2.59. The van der Waals surface area contributed by atoms with Crippen LogP contribution in [0.5, 0.6) is 11.5 Å². The maximum absolute atomic E-state index is 12.2. The summed E-state index contributed by atoms with van der Waals surface area (Å²) in [5.41, 5.74) is 1.41. The molecular formula is C20H22N2O7S2. The molecule has 0 radical (unpaired) electrons. The van der Waals surface area contributed by atoms with Gasteiger partial charge in [-0.15, -0.1) is 11.3 Å². The summed E-state index contributed by atoms with van der Waals surface area (Å²) in [6.07, 6.45) is -0.0205. The first kappa shape index (κ1) is 22.8. The summed E-state index contributed by atoms with van der Waals surface area (Å²) in [7, 11) is 2.26. The Morgan fingerprint density at radius 2 is 1.87 bits per heavy atom. The highest BCUT2D eigenvalue weighted by Crippen LogP contribution is 2.33. The standard InChI is InChI=1S/C20H22N2O7S2/c1-22(2)31(24,25)19-8-6-15(29-19)11-28-18(23)10-14-12-30-20(21-14)13-5-7-16(26-3)17(9-13)27-4/h5-9,12H,10-11H2,1-4H3. The van der Waals surface area contributed by atoms with Gasteiger partial charge in [-0.3, -0.25) is 4.79 Å². The zero-order chi connectivity index (χ0) is 22.6. The van der Waals surface area contributed by atoms with E-state index in [9.17, 15) is 13.2 Å². The van der Waals surface area contributed by atoms with E-state index in [2.05, 4.69) is 4.98 Å². The van der Waals surface area contributed by atoms with Gasteiger partial charge >= 0.3 is 5.97 Å². The maximum atomic E-state index is 12.2. The molecule has 0 aliphatic heterocycles. The molecule has 0 fully saturated rings. The zero-order valence-electron chi connectivity index (χ0n) is 17.4. The van der Waals surface area contributed by atoms with E-state index < -0.39 is 16.0 Å². The molecule has 0 bridgehead atoms. The van der Waals surface area contributed by atoms with Gasteiger partial charge in [-0.05, 0) is 30.3 Å². The lowest BCUT2D eigenvalue weighted by Gasteiger charge is -2.08. The van der Waals surface area contributed by atoms with Crippen LogP contribution < -0.4 is 9.47 Å². The first-order valence-corrected chi connectivity index (χ1v) is 11.4. The SMILES string of the molecule is COc1ccc(-c2nc(CC(=O)OCc3ccc(S(=O)(=O)N(C)C)o3)cs2)cc1OC. The normalized spacial score (nSPS) is 11.5. The van der Waals surface area contributed by atoms with Crippen molar-refractivity contribution >= 4 is 27.3 Å². The quantitative estimate of drug-likeness (QED) is 0.443. The summed E-state index contributed by atoms with van der Waals surface area (Å²) in [4.78, 5) is 16.6. The number of benzene rings is 1. The summed E-state index contributed by atoms with van der Waals surface area (Å²) in [6.45, 7) is -0.172. The molecule has 1 aromatic carbocycles. The van der Waals surface area contributed by atoms with Gasteiger partial charge in [-0.1, -0.05) is 0 Å². The number of rotatable bonds is 9. The molecule has 9 nitrogen and oxygen atoms in total. The van der Waals surface area contributed by atoms with Gasteiger partial charge in [0.2, 0.25) is 5.09 Å². The monoisotopic (exact) mass is 466 g/mol. The Morgan fingerprint density at radius 3 is 2.55 bits per heavy atom. The predicted molar refractivity (Wildman–Crippen MR) is 114 cm³/mol. The third-order valence-electron chi connectivity index (χ3n) is 4.26. The smallest absolute Gasteiger partial charge is 0.312 e. The van der Waals surface area contributed by atoms with Gasteiger partial charge in [-0.2, -0.15) is 0 Å². The summed E-state index contributed by atoms with van der Waals surface area (Å²) in [5.74, 6) is 0.937. The Balaban J connectivity index is 1.60. The van der Waals surface area contributed by atoms with Gasteiger partial charge in [0.25, 0.3) is 10.0 Å². The fourth-order valence-corrected chi connectivity index (χ4v) is 4.22. The van der Waals surface area contributed by atoms with Crippen molar-refractivity contribution in [3.05, 3.63) is 47.2 Å². The molecule has 11 heteroatoms. The molecule has 3 aromatic rings. The van der Waals surface area contributed by atoms with Gasteiger partial charge < -0.3 is 18.6 Å². The molecular weight excluding hydrogens is 444 g/mol. The molecule has 2 aromatic heterocycles. The maximum Gasteiger partial charge on any atom is 0.312 e. The van der Waals surface area contributed by atoms with Crippen LogP contribution in [-0.2, 0) is 32.6 Å². The summed E-state index contributed by atoms with van der Waals surface area (Å²) in [5, 5.41) is 2.30. The second-order valence-electron chi connectivity index (χ2n) is 6.56.